The van der Waals surface area contributed by atoms with Gasteiger partial charge in [0.05, 0.1) is 44.3 Å². The third-order valence-electron chi connectivity index (χ3n) is 4.56. The van der Waals surface area contributed by atoms with Crippen LogP contribution in [0.1, 0.15) is 16.8 Å². The lowest BCUT2D eigenvalue weighted by Gasteiger charge is -2.16. The molecule has 31 heavy (non-hydrogen) atoms. The van der Waals surface area contributed by atoms with Crippen LogP contribution < -0.4 is 0 Å². The smallest absolute Gasteiger partial charge is 0.339 e. The number of carbonyl (C=O) groups is 2. The molecule has 0 unspecified atom stereocenters. The van der Waals surface area contributed by atoms with Crippen molar-refractivity contribution in [2.24, 2.45) is 0 Å². The summed E-state index contributed by atoms with van der Waals surface area (Å²) < 4.78 is 5.24. The van der Waals surface area contributed by atoms with Gasteiger partial charge in [0.25, 0.3) is 5.91 Å². The highest BCUT2D eigenvalue weighted by Gasteiger charge is 2.19. The predicted molar refractivity (Wildman–Crippen MR) is 120 cm³/mol. The van der Waals surface area contributed by atoms with Gasteiger partial charge < -0.3 is 9.64 Å². The summed E-state index contributed by atoms with van der Waals surface area (Å²) in [6, 6.07) is 13.8. The molecule has 6 nitrogen and oxygen atoms in total. The standard InChI is InChI=1S/C22H16Cl3N3O3/c1-28(10-4-9-26)19(29)12-31-22(30)15-11-18(27-17-6-3-2-5-13(15)17)14-7-8-16(23)21(25)20(14)24/h2-3,5-8,11H,4,10,12H2,1H3. The molecule has 0 atom stereocenters. The molecule has 0 aliphatic rings. The number of pyridine rings is 1. The molecule has 0 radical (unpaired) electrons. The predicted octanol–water partition coefficient (Wildman–Crippen LogP) is 5.39. The fourth-order valence-electron chi connectivity index (χ4n) is 2.86. The molecule has 1 aromatic heterocycles. The molecular weight excluding hydrogens is 461 g/mol. The number of carbonyl (C=O) groups excluding carboxylic acids is 2. The fourth-order valence-corrected chi connectivity index (χ4v) is 3.50. The number of halogens is 3. The van der Waals surface area contributed by atoms with E-state index in [0.717, 1.165) is 0 Å². The Labute approximate surface area is 193 Å². The van der Waals surface area contributed by atoms with Crippen molar-refractivity contribution in [1.82, 2.24) is 9.88 Å². The summed E-state index contributed by atoms with van der Waals surface area (Å²) >= 11 is 18.5. The lowest BCUT2D eigenvalue weighted by atomic mass is 10.0. The van der Waals surface area contributed by atoms with Gasteiger partial charge in [0, 0.05) is 24.5 Å². The highest BCUT2D eigenvalue weighted by molar-refractivity contribution is 6.49. The molecule has 158 valence electrons. The van der Waals surface area contributed by atoms with Crippen LogP contribution in [-0.4, -0.2) is 42.0 Å². The molecule has 0 N–H and O–H groups in total. The number of rotatable bonds is 6. The van der Waals surface area contributed by atoms with Crippen LogP contribution >= 0.6 is 34.8 Å². The summed E-state index contributed by atoms with van der Waals surface area (Å²) in [6.45, 7) is -0.189. The zero-order valence-corrected chi connectivity index (χ0v) is 18.6. The van der Waals surface area contributed by atoms with Gasteiger partial charge >= 0.3 is 5.97 Å². The molecule has 0 aliphatic heterocycles. The van der Waals surface area contributed by atoms with Crippen LogP contribution in [0.25, 0.3) is 22.2 Å². The van der Waals surface area contributed by atoms with Crippen LogP contribution in [0.4, 0.5) is 0 Å². The largest absolute Gasteiger partial charge is 0.452 e. The number of aromatic nitrogens is 1. The normalized spacial score (nSPS) is 10.5. The molecule has 9 heteroatoms. The van der Waals surface area contributed by atoms with E-state index in [1.807, 2.05) is 6.07 Å². The minimum Gasteiger partial charge on any atom is -0.452 e. The van der Waals surface area contributed by atoms with Crippen LogP contribution in [0, 0.1) is 11.3 Å². The summed E-state index contributed by atoms with van der Waals surface area (Å²) in [7, 11) is 1.54. The van der Waals surface area contributed by atoms with E-state index in [-0.39, 0.29) is 28.6 Å². The lowest BCUT2D eigenvalue weighted by Crippen LogP contribution is -2.32. The Morgan fingerprint density at radius 2 is 1.87 bits per heavy atom. The van der Waals surface area contributed by atoms with Crippen molar-refractivity contribution in [2.45, 2.75) is 6.42 Å². The van der Waals surface area contributed by atoms with E-state index in [4.69, 9.17) is 44.8 Å². The van der Waals surface area contributed by atoms with Gasteiger partial charge in [-0.15, -0.1) is 0 Å². The van der Waals surface area contributed by atoms with E-state index in [1.54, 1.807) is 49.5 Å². The summed E-state index contributed by atoms with van der Waals surface area (Å²) in [4.78, 5) is 30.9. The number of benzene rings is 2. The number of nitriles is 1. The Morgan fingerprint density at radius 1 is 1.13 bits per heavy atom. The van der Waals surface area contributed by atoms with Crippen molar-refractivity contribution >= 4 is 57.6 Å². The second kappa shape index (κ2) is 9.97. The average molecular weight is 477 g/mol. The molecule has 1 amide bonds. The Morgan fingerprint density at radius 3 is 2.61 bits per heavy atom. The number of hydrogen-bond acceptors (Lipinski definition) is 5. The van der Waals surface area contributed by atoms with Gasteiger partial charge in [0.1, 0.15) is 0 Å². The van der Waals surface area contributed by atoms with Crippen LogP contribution in [0.15, 0.2) is 42.5 Å². The van der Waals surface area contributed by atoms with Gasteiger partial charge in [-0.3, -0.25) is 4.79 Å². The first-order chi connectivity index (χ1) is 14.8. The van der Waals surface area contributed by atoms with Gasteiger partial charge in [-0.25, -0.2) is 9.78 Å². The molecule has 1 heterocycles. The van der Waals surface area contributed by atoms with E-state index in [2.05, 4.69) is 4.98 Å². The average Bonchev–Trinajstić information content (AvgIpc) is 2.78. The molecule has 0 saturated carbocycles. The minimum atomic E-state index is -0.682. The summed E-state index contributed by atoms with van der Waals surface area (Å²) in [5.74, 6) is -1.09. The van der Waals surface area contributed by atoms with Gasteiger partial charge in [0.2, 0.25) is 0 Å². The molecule has 3 rings (SSSR count). The fraction of sp³-hybridized carbons (Fsp3) is 0.182. The molecule has 0 bridgehead atoms. The first-order valence-corrected chi connectivity index (χ1v) is 10.3. The number of fused-ring (bicyclic) bond motifs is 1. The van der Waals surface area contributed by atoms with Crippen molar-refractivity contribution in [2.75, 3.05) is 20.2 Å². The maximum Gasteiger partial charge on any atom is 0.339 e. The molecule has 2 aromatic carbocycles. The van der Waals surface area contributed by atoms with Crippen LogP contribution in [0.3, 0.4) is 0 Å². The molecule has 0 spiro atoms. The van der Waals surface area contributed by atoms with Crippen LogP contribution in [0.5, 0.6) is 0 Å². The molecule has 0 saturated heterocycles. The van der Waals surface area contributed by atoms with Crippen LogP contribution in [-0.2, 0) is 9.53 Å². The summed E-state index contributed by atoms with van der Waals surface area (Å²) in [5.41, 5.74) is 1.69. The highest BCUT2D eigenvalue weighted by atomic mass is 35.5. The number of esters is 1. The Hall–Kier alpha value is -2.85. The number of hydrogen-bond donors (Lipinski definition) is 0. The first kappa shape index (κ1) is 22.8. The maximum atomic E-state index is 12.8. The third-order valence-corrected chi connectivity index (χ3v) is 5.85. The summed E-state index contributed by atoms with van der Waals surface area (Å²) in [6.07, 6.45) is 0.193. The molecule has 3 aromatic rings. The Bertz CT molecular complexity index is 1210. The van der Waals surface area contributed by atoms with Crippen molar-refractivity contribution in [3.05, 3.63) is 63.1 Å². The van der Waals surface area contributed by atoms with Gasteiger partial charge in [-0.05, 0) is 24.3 Å². The number of amides is 1. The Kier molecular flexibility index (Phi) is 7.34. The number of likely N-dealkylation sites (N-methyl/N-ethyl adjacent to an activating group) is 1. The molecule has 0 aliphatic carbocycles. The quantitative estimate of drug-likeness (QED) is 0.352. The van der Waals surface area contributed by atoms with Crippen LogP contribution in [0.2, 0.25) is 15.1 Å². The monoisotopic (exact) mass is 475 g/mol. The van der Waals surface area contributed by atoms with E-state index in [9.17, 15) is 9.59 Å². The lowest BCUT2D eigenvalue weighted by molar-refractivity contribution is -0.133. The van der Waals surface area contributed by atoms with Crippen molar-refractivity contribution in [3.63, 3.8) is 0 Å². The van der Waals surface area contributed by atoms with E-state index in [0.29, 0.717) is 27.2 Å². The van der Waals surface area contributed by atoms with Crippen molar-refractivity contribution < 1.29 is 14.3 Å². The number of ether oxygens (including phenoxy) is 1. The topological polar surface area (TPSA) is 83.3 Å². The maximum absolute atomic E-state index is 12.8. The zero-order chi connectivity index (χ0) is 22.5. The van der Waals surface area contributed by atoms with Gasteiger partial charge in [-0.2, -0.15) is 5.26 Å². The van der Waals surface area contributed by atoms with Crippen molar-refractivity contribution in [3.8, 4) is 17.3 Å². The van der Waals surface area contributed by atoms with Gasteiger partial charge in [0.15, 0.2) is 6.61 Å². The third kappa shape index (κ3) is 5.08. The molecular formula is C22H16Cl3N3O3. The first-order valence-electron chi connectivity index (χ1n) is 9.15. The molecule has 0 fully saturated rings. The van der Waals surface area contributed by atoms with Gasteiger partial charge in [-0.1, -0.05) is 53.0 Å². The second-order valence-corrected chi connectivity index (χ2v) is 7.76. The van der Waals surface area contributed by atoms with E-state index >= 15 is 0 Å². The zero-order valence-electron chi connectivity index (χ0n) is 16.4. The highest BCUT2D eigenvalue weighted by Crippen LogP contribution is 2.38. The summed E-state index contributed by atoms with van der Waals surface area (Å²) in [5, 5.41) is 9.90. The van der Waals surface area contributed by atoms with E-state index in [1.165, 1.54) is 4.90 Å². The minimum absolute atomic E-state index is 0.186. The number of nitrogens with zero attached hydrogens (tertiary/aromatic N) is 3. The Balaban J connectivity index is 1.95. The van der Waals surface area contributed by atoms with E-state index < -0.39 is 18.5 Å². The second-order valence-electron chi connectivity index (χ2n) is 6.59. The SMILES string of the molecule is CN(CCC#N)C(=O)COC(=O)c1cc(-c2ccc(Cl)c(Cl)c2Cl)nc2ccccc12. The number of para-hydroxylation sites is 1. The van der Waals surface area contributed by atoms with Crippen molar-refractivity contribution in [1.29, 1.82) is 5.26 Å².